The molecule has 0 saturated heterocycles. The molecule has 1 aromatic carbocycles. The summed E-state index contributed by atoms with van der Waals surface area (Å²) in [5, 5.41) is 17.8. The number of tetrazole rings is 1. The smallest absolute Gasteiger partial charge is 0.254 e. The van der Waals surface area contributed by atoms with Crippen LogP contribution in [-0.2, 0) is 0 Å². The van der Waals surface area contributed by atoms with E-state index in [9.17, 15) is 4.79 Å². The largest absolute Gasteiger partial charge is 0.497 e. The van der Waals surface area contributed by atoms with Gasteiger partial charge in [0, 0.05) is 41.5 Å². The number of methoxy groups -OCH3 is 1. The quantitative estimate of drug-likeness (QED) is 0.412. The van der Waals surface area contributed by atoms with Crippen LogP contribution in [0.3, 0.4) is 0 Å². The van der Waals surface area contributed by atoms with E-state index in [1.807, 2.05) is 0 Å². The highest BCUT2D eigenvalue weighted by Gasteiger charge is 2.58. The monoisotopic (exact) mass is 450 g/mol. The predicted molar refractivity (Wildman–Crippen MR) is 120 cm³/mol. The molecule has 3 atom stereocenters. The molecule has 2 fully saturated rings. The Morgan fingerprint density at radius 3 is 2.91 bits per heavy atom. The zero-order chi connectivity index (χ0) is 23.0. The van der Waals surface area contributed by atoms with Gasteiger partial charge in [0.25, 0.3) is 5.91 Å². The number of nitrogens with two attached hydrogens (primary N) is 2. The molecular weight excluding hydrogens is 424 g/mol. The summed E-state index contributed by atoms with van der Waals surface area (Å²) < 4.78 is 6.89. The fourth-order valence-corrected chi connectivity index (χ4v) is 4.70. The van der Waals surface area contributed by atoms with E-state index in [-0.39, 0.29) is 23.1 Å². The second kappa shape index (κ2) is 8.28. The molecule has 0 radical (unpaired) electrons. The molecule has 2 aliphatic rings. The van der Waals surface area contributed by atoms with E-state index in [1.54, 1.807) is 25.3 Å². The van der Waals surface area contributed by atoms with Crippen molar-refractivity contribution in [2.75, 3.05) is 17.7 Å². The molecule has 1 unspecified atom stereocenters. The molecule has 3 aromatic rings. The van der Waals surface area contributed by atoms with Gasteiger partial charge in [0.1, 0.15) is 23.5 Å². The number of aromatic nitrogens is 6. The van der Waals surface area contributed by atoms with Crippen molar-refractivity contribution in [1.29, 1.82) is 0 Å². The molecule has 12 heteroatoms. The Kier molecular flexibility index (Phi) is 5.29. The summed E-state index contributed by atoms with van der Waals surface area (Å²) >= 11 is 0. The number of primary amides is 1. The highest BCUT2D eigenvalue weighted by atomic mass is 16.5. The fraction of sp³-hybridized carbons (Fsp3) is 0.429. The van der Waals surface area contributed by atoms with Gasteiger partial charge in [-0.3, -0.25) is 4.79 Å². The molecule has 2 saturated carbocycles. The fourth-order valence-electron chi connectivity index (χ4n) is 4.70. The Morgan fingerprint density at radius 1 is 1.30 bits per heavy atom. The van der Waals surface area contributed by atoms with E-state index in [2.05, 4.69) is 36.1 Å². The maximum atomic E-state index is 12.0. The summed E-state index contributed by atoms with van der Waals surface area (Å²) in [7, 11) is 1.56. The van der Waals surface area contributed by atoms with Crippen LogP contribution in [-0.4, -0.2) is 55.3 Å². The number of anilines is 3. The molecule has 6 N–H and O–H groups in total. The average Bonchev–Trinajstić information content (AvgIpc) is 3.21. The number of rotatable bonds is 7. The third kappa shape index (κ3) is 4.04. The van der Waals surface area contributed by atoms with Crippen LogP contribution in [0.1, 0.15) is 42.5 Å². The zero-order valence-electron chi connectivity index (χ0n) is 18.2. The second-order valence-corrected chi connectivity index (χ2v) is 8.61. The van der Waals surface area contributed by atoms with E-state index in [1.165, 1.54) is 30.0 Å². The first-order valence-corrected chi connectivity index (χ1v) is 10.9. The van der Waals surface area contributed by atoms with Gasteiger partial charge < -0.3 is 26.8 Å². The minimum atomic E-state index is -0.634. The number of carbonyl (C=O) groups excluding carboxylic acids is 1. The third-order valence-electron chi connectivity index (χ3n) is 6.62. The predicted octanol–water partition coefficient (Wildman–Crippen LogP) is 1.38. The number of carbonyl (C=O) groups is 1. The topological polar surface area (TPSA) is 172 Å². The lowest BCUT2D eigenvalue weighted by Crippen LogP contribution is -2.38. The molecule has 0 bridgehead atoms. The van der Waals surface area contributed by atoms with Crippen LogP contribution >= 0.6 is 0 Å². The summed E-state index contributed by atoms with van der Waals surface area (Å²) in [6, 6.07) is 5.76. The Hall–Kier alpha value is -3.80. The van der Waals surface area contributed by atoms with Gasteiger partial charge in [-0.05, 0) is 35.8 Å². The molecule has 33 heavy (non-hydrogen) atoms. The highest BCUT2D eigenvalue weighted by molar-refractivity contribution is 5.98. The van der Waals surface area contributed by atoms with Crippen molar-refractivity contribution in [3.8, 4) is 11.4 Å². The van der Waals surface area contributed by atoms with Crippen LogP contribution in [0, 0.1) is 5.41 Å². The second-order valence-electron chi connectivity index (χ2n) is 8.61. The maximum absolute atomic E-state index is 12.0. The summed E-state index contributed by atoms with van der Waals surface area (Å²) in [5.74, 6) is 0.652. The molecule has 0 aliphatic heterocycles. The molecule has 2 aliphatic carbocycles. The zero-order valence-corrected chi connectivity index (χ0v) is 18.2. The molecule has 2 heterocycles. The van der Waals surface area contributed by atoms with Gasteiger partial charge in [0.2, 0.25) is 5.95 Å². The molecule has 1 spiro atoms. The first kappa shape index (κ1) is 21.1. The number of ether oxygens (including phenoxy) is 1. The Balaban J connectivity index is 1.42. The van der Waals surface area contributed by atoms with E-state index >= 15 is 0 Å². The van der Waals surface area contributed by atoms with Crippen molar-refractivity contribution in [3.63, 3.8) is 0 Å². The summed E-state index contributed by atoms with van der Waals surface area (Å²) in [4.78, 5) is 20.9. The Bertz CT molecular complexity index is 1170. The van der Waals surface area contributed by atoms with Crippen molar-refractivity contribution in [2.24, 2.45) is 16.9 Å². The lowest BCUT2D eigenvalue weighted by molar-refractivity contribution is 0.100. The molecule has 1 amide bonds. The molecule has 172 valence electrons. The van der Waals surface area contributed by atoms with Gasteiger partial charge in [0.15, 0.2) is 0 Å². The minimum absolute atomic E-state index is 0.116. The number of benzene rings is 1. The van der Waals surface area contributed by atoms with E-state index < -0.39 is 5.91 Å². The summed E-state index contributed by atoms with van der Waals surface area (Å²) in [6.07, 6.45) is 8.44. The average molecular weight is 451 g/mol. The first-order chi connectivity index (χ1) is 16.0. The lowest BCUT2D eigenvalue weighted by atomic mass is 9.81. The van der Waals surface area contributed by atoms with E-state index in [0.29, 0.717) is 28.9 Å². The third-order valence-corrected chi connectivity index (χ3v) is 6.62. The summed E-state index contributed by atoms with van der Waals surface area (Å²) in [6.45, 7) is 0. The van der Waals surface area contributed by atoms with Crippen LogP contribution in [0.2, 0.25) is 0 Å². The maximum Gasteiger partial charge on any atom is 0.254 e. The van der Waals surface area contributed by atoms with Crippen LogP contribution in [0.5, 0.6) is 5.75 Å². The number of nitrogens with zero attached hydrogens (tertiary/aromatic N) is 6. The number of amides is 1. The van der Waals surface area contributed by atoms with Crippen molar-refractivity contribution < 1.29 is 9.53 Å². The van der Waals surface area contributed by atoms with Gasteiger partial charge in [-0.1, -0.05) is 12.8 Å². The van der Waals surface area contributed by atoms with Gasteiger partial charge in [-0.2, -0.15) is 4.98 Å². The Labute approximate surface area is 190 Å². The standard InChI is InChI=1S/C21H26N10O2/c1-33-14-7-12(6-13(8-14)31-11-25-29-30-31)26-19-15(18(23)32)10-24-20(28-19)27-17-9-21(17)5-3-2-4-16(21)22/h6-8,10-11,16-17H,2-5,9,22H2,1H3,(H2,23,32)(H2,24,26,27,28)/t16-,17?,21-/m0/s1. The van der Waals surface area contributed by atoms with E-state index in [0.717, 1.165) is 19.3 Å². The van der Waals surface area contributed by atoms with Crippen molar-refractivity contribution >= 4 is 23.4 Å². The van der Waals surface area contributed by atoms with Crippen LogP contribution in [0.25, 0.3) is 5.69 Å². The number of hydrogen-bond donors (Lipinski definition) is 4. The molecule has 12 nitrogen and oxygen atoms in total. The van der Waals surface area contributed by atoms with Crippen LogP contribution in [0.4, 0.5) is 17.5 Å². The van der Waals surface area contributed by atoms with Crippen molar-refractivity contribution in [2.45, 2.75) is 44.2 Å². The van der Waals surface area contributed by atoms with Gasteiger partial charge in [-0.25, -0.2) is 9.67 Å². The molecule has 2 aromatic heterocycles. The normalized spacial score (nSPS) is 23.8. The number of nitrogens with one attached hydrogen (secondary N) is 2. The lowest BCUT2D eigenvalue weighted by Gasteiger charge is -2.29. The van der Waals surface area contributed by atoms with Gasteiger partial charge in [-0.15, -0.1) is 5.10 Å². The first-order valence-electron chi connectivity index (χ1n) is 10.9. The highest BCUT2D eigenvalue weighted by Crippen LogP contribution is 2.56. The molecule has 5 rings (SSSR count). The van der Waals surface area contributed by atoms with Crippen LogP contribution in [0.15, 0.2) is 30.7 Å². The van der Waals surface area contributed by atoms with E-state index in [4.69, 9.17) is 16.2 Å². The SMILES string of the molecule is COc1cc(Nc2nc(NC3C[C@]34CCCC[C@@H]4N)ncc2C(N)=O)cc(-n2cnnn2)c1. The van der Waals surface area contributed by atoms with Gasteiger partial charge in [0.05, 0.1) is 12.8 Å². The number of hydrogen-bond acceptors (Lipinski definition) is 10. The molecular formula is C21H26N10O2. The van der Waals surface area contributed by atoms with Crippen molar-refractivity contribution in [3.05, 3.63) is 36.3 Å². The van der Waals surface area contributed by atoms with Crippen molar-refractivity contribution in [1.82, 2.24) is 30.2 Å². The Morgan fingerprint density at radius 2 is 2.18 bits per heavy atom. The van der Waals surface area contributed by atoms with Crippen LogP contribution < -0.4 is 26.8 Å². The summed E-state index contributed by atoms with van der Waals surface area (Å²) in [5.41, 5.74) is 13.6. The van der Waals surface area contributed by atoms with Gasteiger partial charge >= 0.3 is 0 Å². The minimum Gasteiger partial charge on any atom is -0.497 e.